The summed E-state index contributed by atoms with van der Waals surface area (Å²) in [7, 11) is 0. The second-order valence-corrected chi connectivity index (χ2v) is 8.43. The second-order valence-electron chi connectivity index (χ2n) is 8.43. The lowest BCUT2D eigenvalue weighted by Gasteiger charge is -2.31. The minimum absolute atomic E-state index is 0.0231. The number of carbonyl (C=O) groups is 2. The molecule has 2 aromatic carbocycles. The zero-order chi connectivity index (χ0) is 21.6. The fourth-order valence-electron chi connectivity index (χ4n) is 4.25. The Kier molecular flexibility index (Phi) is 6.79. The highest BCUT2D eigenvalue weighted by atomic mass is 16.5. The average Bonchev–Trinajstić information content (AvgIpc) is 3.62. The van der Waals surface area contributed by atoms with E-state index in [0.29, 0.717) is 23.4 Å². The highest BCUT2D eigenvalue weighted by Crippen LogP contribution is 2.40. The van der Waals surface area contributed by atoms with E-state index in [9.17, 15) is 9.59 Å². The van der Waals surface area contributed by atoms with Gasteiger partial charge in [0.05, 0.1) is 0 Å². The van der Waals surface area contributed by atoms with Gasteiger partial charge in [-0.05, 0) is 61.1 Å². The summed E-state index contributed by atoms with van der Waals surface area (Å²) in [6.07, 6.45) is 6.63. The zero-order valence-electron chi connectivity index (χ0n) is 17.5. The maximum atomic E-state index is 12.5. The normalized spacial score (nSPS) is 21.3. The first-order chi connectivity index (χ1) is 15.1. The van der Waals surface area contributed by atoms with Crippen LogP contribution in [0.4, 0.5) is 0 Å². The summed E-state index contributed by atoms with van der Waals surface area (Å²) in [4.78, 5) is 25.8. The van der Waals surface area contributed by atoms with Crippen molar-refractivity contribution in [1.82, 2.24) is 15.7 Å². The molecule has 162 valence electrons. The maximum absolute atomic E-state index is 12.5. The average molecular weight is 420 g/mol. The van der Waals surface area contributed by atoms with Crippen LogP contribution in [0.1, 0.15) is 46.7 Å². The number of amides is 2. The monoisotopic (exact) mass is 419 g/mol. The van der Waals surface area contributed by atoms with E-state index in [0.717, 1.165) is 38.0 Å². The van der Waals surface area contributed by atoms with Crippen LogP contribution in [0.25, 0.3) is 6.08 Å². The van der Waals surface area contributed by atoms with E-state index in [2.05, 4.69) is 35.6 Å². The van der Waals surface area contributed by atoms with Gasteiger partial charge >= 0.3 is 0 Å². The standard InChI is InChI=1S/C25H29N3O3/c29-24(11-8-18-6-9-21(10-7-18)25(30)27-31)28-14-12-19(13-15-28)17-26-23-16-22(23)20-4-2-1-3-5-20/h1-11,19,22-23,26,31H,12-17H2,(H,27,30)/b11-8+/t22-,23-/m1/s1. The molecule has 3 N–H and O–H groups in total. The van der Waals surface area contributed by atoms with E-state index in [-0.39, 0.29) is 5.91 Å². The molecule has 6 nitrogen and oxygen atoms in total. The van der Waals surface area contributed by atoms with Gasteiger partial charge in [-0.15, -0.1) is 0 Å². The predicted molar refractivity (Wildman–Crippen MR) is 120 cm³/mol. The minimum Gasteiger partial charge on any atom is -0.339 e. The number of hydrogen-bond donors (Lipinski definition) is 3. The van der Waals surface area contributed by atoms with E-state index >= 15 is 0 Å². The van der Waals surface area contributed by atoms with E-state index < -0.39 is 5.91 Å². The van der Waals surface area contributed by atoms with Gasteiger partial charge < -0.3 is 10.2 Å². The van der Waals surface area contributed by atoms with Crippen molar-refractivity contribution in [3.05, 3.63) is 77.4 Å². The van der Waals surface area contributed by atoms with E-state index in [1.54, 1.807) is 41.9 Å². The summed E-state index contributed by atoms with van der Waals surface area (Å²) in [5, 5.41) is 12.4. The van der Waals surface area contributed by atoms with Crippen LogP contribution in [0.2, 0.25) is 0 Å². The lowest BCUT2D eigenvalue weighted by atomic mass is 9.96. The lowest BCUT2D eigenvalue weighted by molar-refractivity contribution is -0.127. The first kappa shape index (κ1) is 21.3. The highest BCUT2D eigenvalue weighted by Gasteiger charge is 2.38. The van der Waals surface area contributed by atoms with Crippen molar-refractivity contribution < 1.29 is 14.8 Å². The molecule has 0 radical (unpaired) electrons. The van der Waals surface area contributed by atoms with Crippen LogP contribution in [0, 0.1) is 5.92 Å². The van der Waals surface area contributed by atoms with Crippen LogP contribution in [0.3, 0.4) is 0 Å². The Morgan fingerprint density at radius 1 is 1.03 bits per heavy atom. The molecule has 2 amide bonds. The maximum Gasteiger partial charge on any atom is 0.274 e. The fourth-order valence-corrected chi connectivity index (χ4v) is 4.25. The highest BCUT2D eigenvalue weighted by molar-refractivity contribution is 5.94. The van der Waals surface area contributed by atoms with Gasteiger partial charge in [-0.3, -0.25) is 14.8 Å². The van der Waals surface area contributed by atoms with E-state index in [4.69, 9.17) is 5.21 Å². The zero-order valence-corrected chi connectivity index (χ0v) is 17.5. The number of piperidine rings is 1. The van der Waals surface area contributed by atoms with Gasteiger partial charge in [0.25, 0.3) is 5.91 Å². The molecule has 1 aliphatic carbocycles. The molecular formula is C25H29N3O3. The Hall–Kier alpha value is -2.96. The number of nitrogens with zero attached hydrogens (tertiary/aromatic N) is 1. The molecule has 0 aromatic heterocycles. The molecule has 0 unspecified atom stereocenters. The van der Waals surface area contributed by atoms with Crippen LogP contribution in [0.5, 0.6) is 0 Å². The molecule has 31 heavy (non-hydrogen) atoms. The smallest absolute Gasteiger partial charge is 0.274 e. The van der Waals surface area contributed by atoms with Crippen molar-refractivity contribution in [3.63, 3.8) is 0 Å². The largest absolute Gasteiger partial charge is 0.339 e. The Morgan fingerprint density at radius 2 is 1.74 bits per heavy atom. The van der Waals surface area contributed by atoms with E-state index in [1.807, 2.05) is 4.90 Å². The Balaban J connectivity index is 1.18. The number of carbonyl (C=O) groups excluding carboxylic acids is 2. The third-order valence-electron chi connectivity index (χ3n) is 6.31. The molecule has 1 heterocycles. The summed E-state index contributed by atoms with van der Waals surface area (Å²) in [6.45, 7) is 2.61. The van der Waals surface area contributed by atoms with Gasteiger partial charge in [-0.2, -0.15) is 0 Å². The van der Waals surface area contributed by atoms with Crippen LogP contribution >= 0.6 is 0 Å². The molecule has 1 saturated heterocycles. The van der Waals surface area contributed by atoms with Crippen LogP contribution in [-0.2, 0) is 4.79 Å². The van der Waals surface area contributed by atoms with Gasteiger partial charge in [0.2, 0.25) is 5.91 Å². The first-order valence-electron chi connectivity index (χ1n) is 10.9. The van der Waals surface area contributed by atoms with Crippen molar-refractivity contribution in [2.24, 2.45) is 5.92 Å². The number of likely N-dealkylation sites (tertiary alicyclic amines) is 1. The van der Waals surface area contributed by atoms with Gasteiger partial charge in [-0.1, -0.05) is 42.5 Å². The summed E-state index contributed by atoms with van der Waals surface area (Å²) in [5.74, 6) is 0.742. The summed E-state index contributed by atoms with van der Waals surface area (Å²) in [6, 6.07) is 18.0. The molecule has 1 saturated carbocycles. The van der Waals surface area contributed by atoms with Crippen molar-refractivity contribution in [2.45, 2.75) is 31.2 Å². The van der Waals surface area contributed by atoms with E-state index in [1.165, 1.54) is 12.0 Å². The number of hydrogen-bond acceptors (Lipinski definition) is 4. The molecule has 2 fully saturated rings. The van der Waals surface area contributed by atoms with Crippen LogP contribution in [-0.4, -0.2) is 47.6 Å². The number of hydroxylamine groups is 1. The van der Waals surface area contributed by atoms with Crippen LogP contribution in [0.15, 0.2) is 60.7 Å². The van der Waals surface area contributed by atoms with Crippen molar-refractivity contribution in [1.29, 1.82) is 0 Å². The summed E-state index contributed by atoms with van der Waals surface area (Å²) in [5.41, 5.74) is 4.23. The topological polar surface area (TPSA) is 81.7 Å². The third-order valence-corrected chi connectivity index (χ3v) is 6.31. The Labute approximate surface area is 182 Å². The van der Waals surface area contributed by atoms with Crippen molar-refractivity contribution in [2.75, 3.05) is 19.6 Å². The molecule has 0 spiro atoms. The predicted octanol–water partition coefficient (Wildman–Crippen LogP) is 3.20. The van der Waals surface area contributed by atoms with Gasteiger partial charge in [0.15, 0.2) is 0 Å². The molecular weight excluding hydrogens is 390 g/mol. The first-order valence-corrected chi connectivity index (χ1v) is 10.9. The molecule has 1 aliphatic heterocycles. The molecule has 6 heteroatoms. The van der Waals surface area contributed by atoms with Gasteiger partial charge in [-0.25, -0.2) is 5.48 Å². The van der Waals surface area contributed by atoms with Crippen LogP contribution < -0.4 is 10.8 Å². The fraction of sp³-hybridized carbons (Fsp3) is 0.360. The minimum atomic E-state index is -0.554. The number of benzene rings is 2. The lowest BCUT2D eigenvalue weighted by Crippen LogP contribution is -2.40. The number of rotatable bonds is 7. The molecule has 4 rings (SSSR count). The van der Waals surface area contributed by atoms with Crippen molar-refractivity contribution in [3.8, 4) is 0 Å². The molecule has 0 bridgehead atoms. The SMILES string of the molecule is O=C(NO)c1ccc(/C=C/C(=O)N2CCC(CN[C@@H]3C[C@@H]3c3ccccc3)CC2)cc1. The summed E-state index contributed by atoms with van der Waals surface area (Å²) < 4.78 is 0. The van der Waals surface area contributed by atoms with Gasteiger partial charge in [0.1, 0.15) is 0 Å². The number of nitrogens with one attached hydrogen (secondary N) is 2. The molecule has 2 atom stereocenters. The summed E-state index contributed by atoms with van der Waals surface area (Å²) >= 11 is 0. The molecule has 2 aromatic rings. The quantitative estimate of drug-likeness (QED) is 0.366. The molecule has 2 aliphatic rings. The Morgan fingerprint density at radius 3 is 2.42 bits per heavy atom. The third kappa shape index (κ3) is 5.60. The Bertz CT molecular complexity index is 919. The second kappa shape index (κ2) is 9.90. The van der Waals surface area contributed by atoms with Crippen molar-refractivity contribution >= 4 is 17.9 Å². The van der Waals surface area contributed by atoms with Gasteiger partial charge in [0, 0.05) is 36.7 Å².